The van der Waals surface area contributed by atoms with Crippen molar-refractivity contribution in [2.24, 2.45) is 35.0 Å². The van der Waals surface area contributed by atoms with Gasteiger partial charge in [-0.15, -0.1) is 0 Å². The number of esters is 1. The number of aliphatic hydroxyl groups is 2. The van der Waals surface area contributed by atoms with Crippen LogP contribution >= 0.6 is 0 Å². The van der Waals surface area contributed by atoms with Crippen molar-refractivity contribution in [3.05, 3.63) is 23.8 Å². The third-order valence-corrected chi connectivity index (χ3v) is 13.1. The second-order valence-corrected chi connectivity index (χ2v) is 15.9. The fourth-order valence-electron chi connectivity index (χ4n) is 10.3. The summed E-state index contributed by atoms with van der Waals surface area (Å²) in [7, 11) is 0. The molecule has 8 heteroatoms. The zero-order valence-electron chi connectivity index (χ0n) is 29.0. The summed E-state index contributed by atoms with van der Waals surface area (Å²) in [6.45, 7) is 3.72. The number of ether oxygens (including phenoxy) is 1. The Morgan fingerprint density at radius 3 is 2.36 bits per heavy atom. The van der Waals surface area contributed by atoms with Gasteiger partial charge in [-0.05, 0) is 75.5 Å². The van der Waals surface area contributed by atoms with E-state index < -0.39 is 58.9 Å². The van der Waals surface area contributed by atoms with Crippen LogP contribution in [0.2, 0.25) is 0 Å². The topological polar surface area (TPSA) is 113 Å². The Balaban J connectivity index is 1.05. The summed E-state index contributed by atoms with van der Waals surface area (Å²) in [5, 5.41) is 26.3. The zero-order chi connectivity index (χ0) is 33.7. The highest BCUT2D eigenvalue weighted by Gasteiger charge is 2.71. The SMILES string of the molecule is C[C@@H]1C[C@@H]2C(C[C@H](O)[C@@]3(F)[C@H]2CCC2=CC(=O)C=C[C@@]23C)[C@@]1(O)C(=O)COC(=O)CNCCCCCC1CCCCCCCCCC1. The van der Waals surface area contributed by atoms with Gasteiger partial charge in [0.2, 0.25) is 5.78 Å². The van der Waals surface area contributed by atoms with Gasteiger partial charge >= 0.3 is 5.97 Å². The number of Topliss-reactive ketones (excluding diaryl/α,β-unsaturated/α-hetero) is 1. The molecule has 1 unspecified atom stereocenters. The summed E-state index contributed by atoms with van der Waals surface area (Å²) in [4.78, 5) is 38.0. The summed E-state index contributed by atoms with van der Waals surface area (Å²) < 4.78 is 22.5. The minimum absolute atomic E-state index is 0.00551. The molecular weight excluding hydrogens is 597 g/mol. The molecule has 0 amide bonds. The second-order valence-electron chi connectivity index (χ2n) is 15.9. The highest BCUT2D eigenvalue weighted by Crippen LogP contribution is 2.66. The fourth-order valence-corrected chi connectivity index (χ4v) is 10.3. The Morgan fingerprint density at radius 2 is 1.66 bits per heavy atom. The molecule has 5 rings (SSSR count). The average Bonchev–Trinajstić information content (AvgIpc) is 3.26. The highest BCUT2D eigenvalue weighted by atomic mass is 19.1. The number of allylic oxidation sites excluding steroid dienone is 4. The van der Waals surface area contributed by atoms with Crippen molar-refractivity contribution >= 4 is 17.5 Å². The lowest BCUT2D eigenvalue weighted by atomic mass is 9.48. The maximum atomic E-state index is 17.2. The molecule has 47 heavy (non-hydrogen) atoms. The molecule has 0 radical (unpaired) electrons. The number of ketones is 2. The standard InChI is InChI=1S/C39H60FNO6/c1-27-22-31-32-18-17-29-23-30(42)19-20-37(29,2)39(32,40)34(43)24-33(31)38(27,46)35(44)26-47-36(45)25-41-21-13-9-12-16-28-14-10-7-5-3-4-6-8-11-15-28/h19-20,23,27-28,31-34,41,43,46H,3-18,21-22,24-26H2,1-2H3/t27-,31+,32+,33?,34+,37+,38-,39+/m1/s1. The van der Waals surface area contributed by atoms with Crippen LogP contribution in [0.15, 0.2) is 23.8 Å². The van der Waals surface area contributed by atoms with Crippen molar-refractivity contribution in [1.82, 2.24) is 5.32 Å². The van der Waals surface area contributed by atoms with E-state index in [-0.39, 0.29) is 24.7 Å². The molecule has 5 aliphatic carbocycles. The normalized spacial score (nSPS) is 38.0. The molecular formula is C39H60FNO6. The number of nitrogens with one attached hydrogen (secondary N) is 1. The Morgan fingerprint density at radius 1 is 0.979 bits per heavy atom. The monoisotopic (exact) mass is 657 g/mol. The van der Waals surface area contributed by atoms with Gasteiger partial charge in [0.25, 0.3) is 0 Å². The van der Waals surface area contributed by atoms with Gasteiger partial charge in [-0.1, -0.05) is 102 Å². The maximum Gasteiger partial charge on any atom is 0.320 e. The number of fused-ring (bicyclic) bond motifs is 5. The third kappa shape index (κ3) is 7.50. The van der Waals surface area contributed by atoms with Crippen LogP contribution in [-0.2, 0) is 19.1 Å². The summed E-state index contributed by atoms with van der Waals surface area (Å²) in [5.41, 5.74) is -4.22. The molecule has 0 aromatic heterocycles. The van der Waals surface area contributed by atoms with E-state index in [1.165, 1.54) is 89.2 Å². The minimum atomic E-state index is -2.01. The molecule has 5 aliphatic rings. The first-order chi connectivity index (χ1) is 22.5. The summed E-state index contributed by atoms with van der Waals surface area (Å²) in [6, 6.07) is 0. The molecule has 0 heterocycles. The lowest BCUT2D eigenvalue weighted by Crippen LogP contribution is -2.66. The quantitative estimate of drug-likeness (QED) is 0.167. The molecule has 0 bridgehead atoms. The van der Waals surface area contributed by atoms with E-state index in [4.69, 9.17) is 4.74 Å². The molecule has 7 nitrogen and oxygen atoms in total. The van der Waals surface area contributed by atoms with Gasteiger partial charge in [-0.25, -0.2) is 4.39 Å². The van der Waals surface area contributed by atoms with E-state index >= 15 is 4.39 Å². The number of unbranched alkanes of at least 4 members (excludes halogenated alkanes) is 2. The first kappa shape index (κ1) is 36.4. The molecule has 8 atom stereocenters. The van der Waals surface area contributed by atoms with E-state index in [2.05, 4.69) is 5.32 Å². The van der Waals surface area contributed by atoms with Crippen LogP contribution < -0.4 is 5.32 Å². The van der Waals surface area contributed by atoms with Crippen LogP contribution in [0.4, 0.5) is 4.39 Å². The van der Waals surface area contributed by atoms with Gasteiger partial charge in [0, 0.05) is 17.3 Å². The van der Waals surface area contributed by atoms with Gasteiger partial charge < -0.3 is 20.3 Å². The second kappa shape index (κ2) is 15.8. The number of carbonyl (C=O) groups excluding carboxylic acids is 3. The van der Waals surface area contributed by atoms with Crippen molar-refractivity contribution < 1.29 is 33.7 Å². The largest absolute Gasteiger partial charge is 0.457 e. The Hall–Kier alpha value is -1.90. The van der Waals surface area contributed by atoms with Gasteiger partial charge in [0.05, 0.1) is 12.6 Å². The van der Waals surface area contributed by atoms with E-state index in [0.29, 0.717) is 31.4 Å². The Labute approximate surface area is 281 Å². The Bertz CT molecular complexity index is 1170. The first-order valence-corrected chi connectivity index (χ1v) is 18.9. The predicted molar refractivity (Wildman–Crippen MR) is 180 cm³/mol. The molecule has 3 N–H and O–H groups in total. The molecule has 0 aliphatic heterocycles. The summed E-state index contributed by atoms with van der Waals surface area (Å²) in [6.07, 6.45) is 22.9. The zero-order valence-corrected chi connectivity index (χ0v) is 29.0. The van der Waals surface area contributed by atoms with Crippen molar-refractivity contribution in [3.8, 4) is 0 Å². The van der Waals surface area contributed by atoms with E-state index in [0.717, 1.165) is 18.8 Å². The lowest BCUT2D eigenvalue weighted by molar-refractivity contribution is -0.192. The summed E-state index contributed by atoms with van der Waals surface area (Å²) in [5.74, 6) is -2.40. The molecule has 0 aromatic rings. The number of hydrogen-bond donors (Lipinski definition) is 3. The van der Waals surface area contributed by atoms with Gasteiger partial charge in [-0.2, -0.15) is 0 Å². The minimum Gasteiger partial charge on any atom is -0.457 e. The Kier molecular flexibility index (Phi) is 12.2. The van der Waals surface area contributed by atoms with Crippen LogP contribution in [0.1, 0.15) is 129 Å². The van der Waals surface area contributed by atoms with Crippen molar-refractivity contribution in [3.63, 3.8) is 0 Å². The highest BCUT2D eigenvalue weighted by molar-refractivity contribution is 6.01. The molecule has 4 saturated carbocycles. The van der Waals surface area contributed by atoms with Crippen molar-refractivity contribution in [1.29, 1.82) is 0 Å². The van der Waals surface area contributed by atoms with Crippen molar-refractivity contribution in [2.45, 2.75) is 147 Å². The van der Waals surface area contributed by atoms with E-state index in [9.17, 15) is 24.6 Å². The maximum absolute atomic E-state index is 17.2. The lowest BCUT2D eigenvalue weighted by Gasteiger charge is -2.59. The molecule has 0 aromatic carbocycles. The smallest absolute Gasteiger partial charge is 0.320 e. The molecule has 0 spiro atoms. The third-order valence-electron chi connectivity index (χ3n) is 13.1. The summed E-state index contributed by atoms with van der Waals surface area (Å²) >= 11 is 0. The number of rotatable bonds is 11. The molecule has 264 valence electrons. The van der Waals surface area contributed by atoms with Gasteiger partial charge in [0.1, 0.15) is 5.60 Å². The fraction of sp³-hybridized carbons (Fsp3) is 0.821. The van der Waals surface area contributed by atoms with Gasteiger partial charge in [0.15, 0.2) is 18.1 Å². The number of alkyl halides is 1. The van der Waals surface area contributed by atoms with Crippen LogP contribution in [0, 0.1) is 35.0 Å². The van der Waals surface area contributed by atoms with Crippen LogP contribution in [-0.4, -0.2) is 64.8 Å². The molecule has 4 fully saturated rings. The number of halogens is 1. The molecule has 0 saturated heterocycles. The number of carbonyl (C=O) groups is 3. The van der Waals surface area contributed by atoms with Gasteiger partial charge in [-0.3, -0.25) is 14.4 Å². The number of aliphatic hydroxyl groups excluding tert-OH is 1. The van der Waals surface area contributed by atoms with E-state index in [1.54, 1.807) is 19.9 Å². The van der Waals surface area contributed by atoms with Crippen LogP contribution in [0.25, 0.3) is 0 Å². The van der Waals surface area contributed by atoms with E-state index in [1.807, 2.05) is 0 Å². The first-order valence-electron chi connectivity index (χ1n) is 18.9. The predicted octanol–water partition coefficient (Wildman–Crippen LogP) is 6.74. The number of hydrogen-bond acceptors (Lipinski definition) is 7. The van der Waals surface area contributed by atoms with Crippen LogP contribution in [0.5, 0.6) is 0 Å². The van der Waals surface area contributed by atoms with Crippen LogP contribution in [0.3, 0.4) is 0 Å². The van der Waals surface area contributed by atoms with Crippen molar-refractivity contribution in [2.75, 3.05) is 19.7 Å². The average molecular weight is 658 g/mol.